The Morgan fingerprint density at radius 2 is 1.59 bits per heavy atom. The van der Waals surface area contributed by atoms with Crippen LogP contribution in [-0.2, 0) is 14.3 Å². The van der Waals surface area contributed by atoms with Crippen molar-refractivity contribution in [3.05, 3.63) is 59.7 Å². The predicted octanol–water partition coefficient (Wildman–Crippen LogP) is 4.06. The Bertz CT molecular complexity index is 960. The Balaban J connectivity index is 1.70. The van der Waals surface area contributed by atoms with Gasteiger partial charge in [0.05, 0.1) is 0 Å². The van der Waals surface area contributed by atoms with E-state index in [-0.39, 0.29) is 18.9 Å². The Hall–Kier alpha value is -3.35. The Morgan fingerprint density at radius 1 is 1.03 bits per heavy atom. The normalized spacial score (nSPS) is 15.1. The fourth-order valence-electron chi connectivity index (χ4n) is 4.25. The molecule has 0 heterocycles. The summed E-state index contributed by atoms with van der Waals surface area (Å²) in [6.45, 7) is 5.28. The Kier molecular flexibility index (Phi) is 7.18. The van der Waals surface area contributed by atoms with Gasteiger partial charge in [0, 0.05) is 5.92 Å². The molecule has 1 aliphatic rings. The lowest BCUT2D eigenvalue weighted by atomic mass is 9.94. The zero-order valence-corrected chi connectivity index (χ0v) is 18.7. The SMILES string of the molecule is CCCC(C)(NC(=O)OCC1c2ccccc2-c2ccccc21)C(=O)N[C@@H](CC)C(=O)O. The van der Waals surface area contributed by atoms with Gasteiger partial charge >= 0.3 is 12.1 Å². The first-order chi connectivity index (χ1) is 15.3. The lowest BCUT2D eigenvalue weighted by Gasteiger charge is -2.30. The van der Waals surface area contributed by atoms with Crippen LogP contribution in [0.4, 0.5) is 4.79 Å². The second-order valence-electron chi connectivity index (χ2n) is 8.31. The molecule has 32 heavy (non-hydrogen) atoms. The average Bonchev–Trinajstić information content (AvgIpc) is 3.09. The number of hydrogen-bond donors (Lipinski definition) is 3. The second-order valence-corrected chi connectivity index (χ2v) is 8.31. The smallest absolute Gasteiger partial charge is 0.408 e. The molecule has 1 aliphatic carbocycles. The Morgan fingerprint density at radius 3 is 2.09 bits per heavy atom. The summed E-state index contributed by atoms with van der Waals surface area (Å²) in [5, 5.41) is 14.4. The number of carboxylic acids is 1. The molecule has 1 unspecified atom stereocenters. The zero-order chi connectivity index (χ0) is 23.3. The first-order valence-corrected chi connectivity index (χ1v) is 11.0. The number of benzene rings is 2. The first kappa shape index (κ1) is 23.3. The minimum Gasteiger partial charge on any atom is -0.480 e. The van der Waals surface area contributed by atoms with Crippen LogP contribution in [-0.4, -0.2) is 41.3 Å². The number of alkyl carbamates (subject to hydrolysis) is 1. The van der Waals surface area contributed by atoms with Gasteiger partial charge in [0.15, 0.2) is 0 Å². The first-order valence-electron chi connectivity index (χ1n) is 11.0. The van der Waals surface area contributed by atoms with Crippen LogP contribution in [0.5, 0.6) is 0 Å². The molecule has 3 N–H and O–H groups in total. The molecule has 0 aromatic heterocycles. The highest BCUT2D eigenvalue weighted by Gasteiger charge is 2.37. The summed E-state index contributed by atoms with van der Waals surface area (Å²) < 4.78 is 5.56. The third kappa shape index (κ3) is 4.77. The number of fused-ring (bicyclic) bond motifs is 3. The van der Waals surface area contributed by atoms with Crippen molar-refractivity contribution in [2.75, 3.05) is 6.61 Å². The number of hydrogen-bond acceptors (Lipinski definition) is 4. The van der Waals surface area contributed by atoms with Crippen molar-refractivity contribution in [1.29, 1.82) is 0 Å². The molecular weight excluding hydrogens is 408 g/mol. The number of amides is 2. The Labute approximate surface area is 188 Å². The monoisotopic (exact) mass is 438 g/mol. The van der Waals surface area contributed by atoms with E-state index in [1.54, 1.807) is 13.8 Å². The van der Waals surface area contributed by atoms with Crippen molar-refractivity contribution in [1.82, 2.24) is 10.6 Å². The largest absolute Gasteiger partial charge is 0.480 e. The number of carbonyl (C=O) groups is 3. The fourth-order valence-corrected chi connectivity index (χ4v) is 4.25. The topological polar surface area (TPSA) is 105 Å². The van der Waals surface area contributed by atoms with E-state index >= 15 is 0 Å². The summed E-state index contributed by atoms with van der Waals surface area (Å²) in [6, 6.07) is 15.1. The summed E-state index contributed by atoms with van der Waals surface area (Å²) >= 11 is 0. The lowest BCUT2D eigenvalue weighted by Crippen LogP contribution is -2.59. The maximum Gasteiger partial charge on any atom is 0.408 e. The van der Waals surface area contributed by atoms with Gasteiger partial charge in [-0.05, 0) is 42.0 Å². The number of carbonyl (C=O) groups excluding carboxylic acids is 2. The minimum atomic E-state index is -1.28. The van der Waals surface area contributed by atoms with Crippen LogP contribution in [0, 0.1) is 0 Å². The van der Waals surface area contributed by atoms with Crippen LogP contribution in [0.15, 0.2) is 48.5 Å². The van der Waals surface area contributed by atoms with Crippen molar-refractivity contribution < 1.29 is 24.2 Å². The molecule has 2 amide bonds. The van der Waals surface area contributed by atoms with E-state index in [0.29, 0.717) is 12.8 Å². The summed E-state index contributed by atoms with van der Waals surface area (Å²) in [5.41, 5.74) is 3.18. The van der Waals surface area contributed by atoms with Gasteiger partial charge in [0.1, 0.15) is 18.2 Å². The molecule has 3 rings (SSSR count). The minimum absolute atomic E-state index is 0.0871. The molecule has 170 valence electrons. The van der Waals surface area contributed by atoms with Crippen molar-refractivity contribution in [3.8, 4) is 11.1 Å². The molecule has 2 aromatic rings. The van der Waals surface area contributed by atoms with E-state index in [1.165, 1.54) is 0 Å². The van der Waals surface area contributed by atoms with Gasteiger partial charge in [-0.15, -0.1) is 0 Å². The van der Waals surface area contributed by atoms with E-state index in [9.17, 15) is 19.5 Å². The van der Waals surface area contributed by atoms with Gasteiger partial charge in [-0.1, -0.05) is 68.8 Å². The molecular formula is C25H30N2O5. The number of aliphatic carboxylic acids is 1. The molecule has 2 atom stereocenters. The van der Waals surface area contributed by atoms with E-state index in [2.05, 4.69) is 22.8 Å². The molecule has 0 saturated carbocycles. The van der Waals surface area contributed by atoms with Gasteiger partial charge in [-0.2, -0.15) is 0 Å². The van der Waals surface area contributed by atoms with Gasteiger partial charge in [-0.25, -0.2) is 9.59 Å². The van der Waals surface area contributed by atoms with Crippen LogP contribution < -0.4 is 10.6 Å². The third-order valence-electron chi connectivity index (χ3n) is 5.98. The van der Waals surface area contributed by atoms with Crippen LogP contribution >= 0.6 is 0 Å². The van der Waals surface area contributed by atoms with Crippen molar-refractivity contribution in [2.24, 2.45) is 0 Å². The molecule has 0 radical (unpaired) electrons. The van der Waals surface area contributed by atoms with Gasteiger partial charge in [-0.3, -0.25) is 4.79 Å². The maximum absolute atomic E-state index is 12.8. The zero-order valence-electron chi connectivity index (χ0n) is 18.7. The summed E-state index contributed by atoms with van der Waals surface area (Å²) in [7, 11) is 0. The van der Waals surface area contributed by atoms with Crippen molar-refractivity contribution in [3.63, 3.8) is 0 Å². The molecule has 0 spiro atoms. The molecule has 0 aliphatic heterocycles. The number of nitrogens with one attached hydrogen (secondary N) is 2. The van der Waals surface area contributed by atoms with Crippen molar-refractivity contribution >= 4 is 18.0 Å². The van der Waals surface area contributed by atoms with Gasteiger partial charge in [0.25, 0.3) is 0 Å². The highest BCUT2D eigenvalue weighted by molar-refractivity contribution is 5.92. The van der Waals surface area contributed by atoms with Crippen molar-refractivity contribution in [2.45, 2.75) is 57.5 Å². The van der Waals surface area contributed by atoms with E-state index in [1.807, 2.05) is 43.3 Å². The lowest BCUT2D eigenvalue weighted by molar-refractivity contribution is -0.143. The van der Waals surface area contributed by atoms with E-state index in [0.717, 1.165) is 22.3 Å². The van der Waals surface area contributed by atoms with Crippen LogP contribution in [0.1, 0.15) is 57.1 Å². The highest BCUT2D eigenvalue weighted by Crippen LogP contribution is 2.44. The average molecular weight is 439 g/mol. The quantitative estimate of drug-likeness (QED) is 0.548. The molecule has 7 nitrogen and oxygen atoms in total. The van der Waals surface area contributed by atoms with Crippen LogP contribution in [0.25, 0.3) is 11.1 Å². The number of rotatable bonds is 9. The number of ether oxygens (including phenoxy) is 1. The maximum atomic E-state index is 12.8. The predicted molar refractivity (Wildman–Crippen MR) is 121 cm³/mol. The molecule has 0 saturated heterocycles. The summed E-state index contributed by atoms with van der Waals surface area (Å²) in [5.74, 6) is -1.74. The fraction of sp³-hybridized carbons (Fsp3) is 0.400. The van der Waals surface area contributed by atoms with Crippen LogP contribution in [0.3, 0.4) is 0 Å². The molecule has 2 aromatic carbocycles. The van der Waals surface area contributed by atoms with Gasteiger partial charge in [0.2, 0.25) is 5.91 Å². The number of carboxylic acid groups (broad SMARTS) is 1. The standard InChI is InChI=1S/C25H30N2O5/c1-4-14-25(3,23(30)26-21(5-2)22(28)29)27-24(31)32-15-20-18-12-8-6-10-16(18)17-11-7-9-13-19(17)20/h6-13,20-21H,4-5,14-15H2,1-3H3,(H,26,30)(H,27,31)(H,28,29)/t21-,25?/m0/s1. The van der Waals surface area contributed by atoms with Gasteiger partial charge < -0.3 is 20.5 Å². The summed E-state index contributed by atoms with van der Waals surface area (Å²) in [4.78, 5) is 36.8. The molecule has 0 fully saturated rings. The van der Waals surface area contributed by atoms with Crippen LogP contribution in [0.2, 0.25) is 0 Å². The molecule has 0 bridgehead atoms. The highest BCUT2D eigenvalue weighted by atomic mass is 16.5. The van der Waals surface area contributed by atoms with E-state index in [4.69, 9.17) is 4.74 Å². The second kappa shape index (κ2) is 9.85. The summed E-state index contributed by atoms with van der Waals surface area (Å²) in [6.07, 6.45) is 0.506. The third-order valence-corrected chi connectivity index (χ3v) is 5.98. The molecule has 7 heteroatoms. The van der Waals surface area contributed by atoms with E-state index < -0.39 is 29.6 Å².